The first-order valence-corrected chi connectivity index (χ1v) is 20.4. The molecule has 8 aromatic carbocycles. The lowest BCUT2D eigenvalue weighted by molar-refractivity contribution is 0.660. The predicted molar refractivity (Wildman–Crippen MR) is 245 cm³/mol. The van der Waals surface area contributed by atoms with Gasteiger partial charge in [-0.25, -0.2) is 19.9 Å². The second-order valence-electron chi connectivity index (χ2n) is 16.2. The summed E-state index contributed by atoms with van der Waals surface area (Å²) < 4.78 is 6.76. The second-order valence-corrected chi connectivity index (χ2v) is 16.2. The minimum atomic E-state index is -0.0817. The summed E-state index contributed by atoms with van der Waals surface area (Å²) in [5, 5.41) is 5.35. The molecule has 1 aliphatic rings. The number of hydrogen-bond acceptors (Lipinski definition) is 5. The van der Waals surface area contributed by atoms with Crippen molar-refractivity contribution in [2.75, 3.05) is 0 Å². The van der Waals surface area contributed by atoms with Gasteiger partial charge in [0.25, 0.3) is 0 Å². The molecule has 11 aromatic rings. The number of nitrogens with zero attached hydrogens (tertiary/aromatic N) is 4. The van der Waals surface area contributed by atoms with E-state index in [4.69, 9.17) is 24.4 Å². The summed E-state index contributed by atoms with van der Waals surface area (Å²) in [5.74, 6) is 1.91. The fourth-order valence-electron chi connectivity index (χ4n) is 9.31. The van der Waals surface area contributed by atoms with Crippen LogP contribution in [-0.2, 0) is 5.41 Å². The minimum absolute atomic E-state index is 0.0817. The molecule has 0 bridgehead atoms. The molecule has 0 saturated heterocycles. The predicted octanol–water partition coefficient (Wildman–Crippen LogP) is 14.1. The third-order valence-electron chi connectivity index (χ3n) is 12.3. The minimum Gasteiger partial charge on any atom is -0.455 e. The molecule has 0 atom stereocenters. The van der Waals surface area contributed by atoms with E-state index in [9.17, 15) is 0 Å². The van der Waals surface area contributed by atoms with Gasteiger partial charge in [-0.15, -0.1) is 0 Å². The summed E-state index contributed by atoms with van der Waals surface area (Å²) in [4.78, 5) is 20.5. The number of hydrogen-bond donors (Lipinski definition) is 0. The molecule has 0 N–H and O–H groups in total. The number of pyridine rings is 1. The van der Waals surface area contributed by atoms with Crippen LogP contribution in [0.5, 0.6) is 0 Å². The highest BCUT2D eigenvalue weighted by atomic mass is 16.3. The van der Waals surface area contributed by atoms with Crippen LogP contribution in [-0.4, -0.2) is 19.9 Å². The van der Waals surface area contributed by atoms with E-state index in [1.54, 1.807) is 0 Å². The van der Waals surface area contributed by atoms with Crippen molar-refractivity contribution in [2.45, 2.75) is 19.3 Å². The van der Waals surface area contributed by atoms with Crippen LogP contribution in [0.4, 0.5) is 0 Å². The maximum Gasteiger partial charge on any atom is 0.164 e. The molecular weight excluding hydrogens is 733 g/mol. The van der Waals surface area contributed by atoms with Crippen LogP contribution in [0.3, 0.4) is 0 Å². The lowest BCUT2D eigenvalue weighted by atomic mass is 9.82. The molecule has 0 unspecified atom stereocenters. The SMILES string of the molecule is CC1(C)c2ccccc2-c2cc(-c3nc(-c4ccccc4)nc(-c4cccc(-c5ccc6oc7c(ccc8c(-c9ccccc9)nc9ccccc9c87)c6c5)c4)n3)ccc21. The van der Waals surface area contributed by atoms with Crippen molar-refractivity contribution in [2.24, 2.45) is 0 Å². The molecule has 0 fully saturated rings. The third kappa shape index (κ3) is 5.33. The van der Waals surface area contributed by atoms with Crippen molar-refractivity contribution in [1.82, 2.24) is 19.9 Å². The fraction of sp³-hybridized carbons (Fsp3) is 0.0545. The lowest BCUT2D eigenvalue weighted by Crippen LogP contribution is -2.14. The Bertz CT molecular complexity index is 3520. The van der Waals surface area contributed by atoms with Crippen LogP contribution in [0.2, 0.25) is 0 Å². The maximum absolute atomic E-state index is 6.76. The normalized spacial score (nSPS) is 13.0. The van der Waals surface area contributed by atoms with E-state index < -0.39 is 0 Å². The van der Waals surface area contributed by atoms with Gasteiger partial charge in [-0.2, -0.15) is 0 Å². The van der Waals surface area contributed by atoms with Crippen molar-refractivity contribution in [3.05, 3.63) is 193 Å². The molecule has 0 amide bonds. The van der Waals surface area contributed by atoms with Gasteiger partial charge in [0.2, 0.25) is 0 Å². The summed E-state index contributed by atoms with van der Waals surface area (Å²) in [7, 11) is 0. The first-order chi connectivity index (χ1) is 29.5. The summed E-state index contributed by atoms with van der Waals surface area (Å²) >= 11 is 0. The number of rotatable bonds is 5. The van der Waals surface area contributed by atoms with E-state index >= 15 is 0 Å². The highest BCUT2D eigenvalue weighted by Gasteiger charge is 2.35. The molecule has 1 aliphatic carbocycles. The molecule has 0 saturated carbocycles. The van der Waals surface area contributed by atoms with Gasteiger partial charge in [-0.3, -0.25) is 0 Å². The van der Waals surface area contributed by atoms with Crippen LogP contribution in [0.25, 0.3) is 111 Å². The Balaban J connectivity index is 0.988. The highest BCUT2D eigenvalue weighted by Crippen LogP contribution is 2.49. The zero-order valence-electron chi connectivity index (χ0n) is 33.0. The van der Waals surface area contributed by atoms with Crippen molar-refractivity contribution in [1.29, 1.82) is 0 Å². The smallest absolute Gasteiger partial charge is 0.164 e. The van der Waals surface area contributed by atoms with Gasteiger partial charge in [-0.1, -0.05) is 159 Å². The molecule has 5 nitrogen and oxygen atoms in total. The second kappa shape index (κ2) is 13.1. The third-order valence-corrected chi connectivity index (χ3v) is 12.3. The molecule has 5 heteroatoms. The summed E-state index contributed by atoms with van der Waals surface area (Å²) in [6, 6.07) is 63.6. The maximum atomic E-state index is 6.76. The molecule has 0 radical (unpaired) electrons. The quantitative estimate of drug-likeness (QED) is 0.163. The van der Waals surface area contributed by atoms with Gasteiger partial charge >= 0.3 is 0 Å². The molecule has 3 heterocycles. The molecule has 3 aromatic heterocycles. The average molecular weight is 769 g/mol. The molecular formula is C55H36N4O. The van der Waals surface area contributed by atoms with Gasteiger partial charge in [0.05, 0.1) is 11.2 Å². The van der Waals surface area contributed by atoms with E-state index in [2.05, 4.69) is 166 Å². The van der Waals surface area contributed by atoms with E-state index in [1.165, 1.54) is 22.3 Å². The van der Waals surface area contributed by atoms with Crippen LogP contribution >= 0.6 is 0 Å². The Morgan fingerprint density at radius 3 is 1.80 bits per heavy atom. The van der Waals surface area contributed by atoms with Crippen molar-refractivity contribution in [3.8, 4) is 67.7 Å². The average Bonchev–Trinajstić information content (AvgIpc) is 3.80. The van der Waals surface area contributed by atoms with Crippen molar-refractivity contribution < 1.29 is 4.42 Å². The highest BCUT2D eigenvalue weighted by molar-refractivity contribution is 6.25. The van der Waals surface area contributed by atoms with Gasteiger partial charge < -0.3 is 4.42 Å². The Morgan fingerprint density at radius 2 is 0.983 bits per heavy atom. The van der Waals surface area contributed by atoms with Gasteiger partial charge in [-0.05, 0) is 69.8 Å². The Hall–Kier alpha value is -7.76. The van der Waals surface area contributed by atoms with E-state index in [0.717, 1.165) is 82.7 Å². The van der Waals surface area contributed by atoms with Crippen LogP contribution in [0, 0.1) is 0 Å². The van der Waals surface area contributed by atoms with Gasteiger partial charge in [0, 0.05) is 54.6 Å². The van der Waals surface area contributed by atoms with Gasteiger partial charge in [0.15, 0.2) is 17.5 Å². The summed E-state index contributed by atoms with van der Waals surface area (Å²) in [6.45, 7) is 4.60. The number of aromatic nitrogens is 4. The Kier molecular flexibility index (Phi) is 7.51. The molecule has 282 valence electrons. The van der Waals surface area contributed by atoms with Crippen molar-refractivity contribution >= 4 is 43.6 Å². The first-order valence-electron chi connectivity index (χ1n) is 20.4. The molecule has 0 spiro atoms. The Morgan fingerprint density at radius 1 is 0.383 bits per heavy atom. The lowest BCUT2D eigenvalue weighted by Gasteiger charge is -2.21. The van der Waals surface area contributed by atoms with Crippen molar-refractivity contribution in [3.63, 3.8) is 0 Å². The standard InChI is InChI=1S/C55H36N4O/c1-55(2)45-22-11-9-20-39(45)43-32-38(24-28-46(43)55)54-58-52(34-16-7-4-8-17-34)57-53(59-54)37-19-13-18-35(30-37)36-25-29-48-44(31-36)40-26-27-42-49(51(40)60-48)41-21-10-12-23-47(41)56-50(42)33-14-5-3-6-15-33/h3-32H,1-2H3. The molecule has 12 rings (SSSR count). The van der Waals surface area contributed by atoms with E-state index in [-0.39, 0.29) is 5.41 Å². The topological polar surface area (TPSA) is 64.7 Å². The zero-order chi connectivity index (χ0) is 40.0. The summed E-state index contributed by atoms with van der Waals surface area (Å²) in [6.07, 6.45) is 0. The van der Waals surface area contributed by atoms with Gasteiger partial charge in [0.1, 0.15) is 11.2 Å². The van der Waals surface area contributed by atoms with Crippen LogP contribution in [0.1, 0.15) is 25.0 Å². The Labute approximate surface area is 346 Å². The molecule has 0 aliphatic heterocycles. The largest absolute Gasteiger partial charge is 0.455 e. The first kappa shape index (κ1) is 34.3. The van der Waals surface area contributed by atoms with Crippen LogP contribution < -0.4 is 0 Å². The summed E-state index contributed by atoms with van der Waals surface area (Å²) in [5.41, 5.74) is 14.7. The number of fused-ring (bicyclic) bond motifs is 10. The molecule has 60 heavy (non-hydrogen) atoms. The number of furan rings is 1. The number of benzene rings is 8. The van der Waals surface area contributed by atoms with E-state index in [0.29, 0.717) is 17.5 Å². The van der Waals surface area contributed by atoms with E-state index in [1.807, 2.05) is 30.3 Å². The fourth-order valence-corrected chi connectivity index (χ4v) is 9.31. The zero-order valence-corrected chi connectivity index (χ0v) is 33.0. The monoisotopic (exact) mass is 768 g/mol. The van der Waals surface area contributed by atoms with Crippen LogP contribution in [0.15, 0.2) is 186 Å². The number of para-hydroxylation sites is 1.